The third kappa shape index (κ3) is 2.47. The number of nitrogens with one attached hydrogen (secondary N) is 2. The van der Waals surface area contributed by atoms with Crippen LogP contribution in [0.15, 0.2) is 56.1 Å². The summed E-state index contributed by atoms with van der Waals surface area (Å²) < 4.78 is 5.98. The lowest BCUT2D eigenvalue weighted by atomic mass is 9.64. The van der Waals surface area contributed by atoms with Crippen LogP contribution in [-0.4, -0.2) is 10.9 Å². The number of benzene rings is 2. The van der Waals surface area contributed by atoms with Gasteiger partial charge in [0, 0.05) is 10.2 Å². The molecular weight excluding hydrogens is 372 g/mol. The number of amides is 1. The van der Waals surface area contributed by atoms with Gasteiger partial charge in [0.2, 0.25) is 5.91 Å². The second-order valence-electron chi connectivity index (χ2n) is 6.12. The summed E-state index contributed by atoms with van der Waals surface area (Å²) in [5, 5.41) is 2.98. The molecule has 5 nitrogen and oxygen atoms in total. The highest BCUT2D eigenvalue weighted by Gasteiger charge is 2.45. The summed E-state index contributed by atoms with van der Waals surface area (Å²) in [7, 11) is 0. The van der Waals surface area contributed by atoms with E-state index in [4.69, 9.17) is 4.42 Å². The minimum atomic E-state index is -0.501. The lowest BCUT2D eigenvalue weighted by Crippen LogP contribution is -2.45. The fourth-order valence-corrected chi connectivity index (χ4v) is 3.49. The number of aromatic nitrogens is 1. The maximum Gasteiger partial charge on any atom is 0.417 e. The number of oxazole rings is 1. The van der Waals surface area contributed by atoms with E-state index in [1.807, 2.05) is 24.3 Å². The Balaban J connectivity index is 1.63. The first-order valence-electron chi connectivity index (χ1n) is 7.77. The zero-order valence-electron chi connectivity index (χ0n) is 12.8. The Morgan fingerprint density at radius 1 is 1.17 bits per heavy atom. The van der Waals surface area contributed by atoms with Crippen LogP contribution in [-0.2, 0) is 10.2 Å². The van der Waals surface area contributed by atoms with Gasteiger partial charge in [-0.25, -0.2) is 4.79 Å². The first-order valence-corrected chi connectivity index (χ1v) is 8.56. The van der Waals surface area contributed by atoms with Gasteiger partial charge in [-0.05, 0) is 48.7 Å². The van der Waals surface area contributed by atoms with E-state index >= 15 is 0 Å². The van der Waals surface area contributed by atoms with Crippen molar-refractivity contribution in [2.24, 2.45) is 0 Å². The van der Waals surface area contributed by atoms with E-state index in [-0.39, 0.29) is 5.91 Å². The second-order valence-corrected chi connectivity index (χ2v) is 7.04. The number of H-pyrrole nitrogens is 1. The standard InChI is InChI=1S/C18H15BrN2O3/c19-12-4-2-11(3-5-12)18(8-1-9-18)16(22)20-13-6-7-15-14(10-13)21-17(23)24-15/h2-7,10H,1,8-9H2,(H,20,22)(H,21,23). The van der Waals surface area contributed by atoms with Crippen molar-refractivity contribution < 1.29 is 9.21 Å². The molecule has 6 heteroatoms. The van der Waals surface area contributed by atoms with Crippen molar-refractivity contribution in [2.75, 3.05) is 5.32 Å². The Morgan fingerprint density at radius 2 is 1.92 bits per heavy atom. The topological polar surface area (TPSA) is 75.1 Å². The molecule has 0 atom stereocenters. The summed E-state index contributed by atoms with van der Waals surface area (Å²) in [6, 6.07) is 13.1. The molecule has 1 saturated carbocycles. The fourth-order valence-electron chi connectivity index (χ4n) is 3.23. The van der Waals surface area contributed by atoms with Crippen molar-refractivity contribution in [3.8, 4) is 0 Å². The number of hydrogen-bond acceptors (Lipinski definition) is 3. The molecule has 1 aromatic heterocycles. The fraction of sp³-hybridized carbons (Fsp3) is 0.222. The summed E-state index contributed by atoms with van der Waals surface area (Å²) in [5.41, 5.74) is 2.26. The van der Waals surface area contributed by atoms with E-state index in [0.29, 0.717) is 16.8 Å². The van der Waals surface area contributed by atoms with Crippen LogP contribution in [0.4, 0.5) is 5.69 Å². The predicted octanol–water partition coefficient (Wildman–Crippen LogP) is 3.94. The molecule has 3 aromatic rings. The van der Waals surface area contributed by atoms with Crippen LogP contribution in [0.1, 0.15) is 24.8 Å². The number of carbonyl (C=O) groups is 1. The molecule has 1 heterocycles. The molecule has 0 radical (unpaired) electrons. The molecule has 0 saturated heterocycles. The highest BCUT2D eigenvalue weighted by atomic mass is 79.9. The van der Waals surface area contributed by atoms with E-state index in [1.54, 1.807) is 18.2 Å². The van der Waals surface area contributed by atoms with Gasteiger partial charge in [-0.15, -0.1) is 0 Å². The zero-order chi connectivity index (χ0) is 16.7. The number of fused-ring (bicyclic) bond motifs is 1. The van der Waals surface area contributed by atoms with Gasteiger partial charge >= 0.3 is 5.76 Å². The van der Waals surface area contributed by atoms with Crippen LogP contribution >= 0.6 is 15.9 Å². The highest BCUT2D eigenvalue weighted by molar-refractivity contribution is 9.10. The van der Waals surface area contributed by atoms with Gasteiger partial charge in [0.05, 0.1) is 10.9 Å². The zero-order valence-corrected chi connectivity index (χ0v) is 14.4. The van der Waals surface area contributed by atoms with Crippen LogP contribution in [0, 0.1) is 0 Å². The van der Waals surface area contributed by atoms with Crippen molar-refractivity contribution in [2.45, 2.75) is 24.7 Å². The quantitative estimate of drug-likeness (QED) is 0.715. The molecule has 24 heavy (non-hydrogen) atoms. The third-order valence-corrected chi connectivity index (χ3v) is 5.24. The van der Waals surface area contributed by atoms with Crippen molar-refractivity contribution in [1.82, 2.24) is 4.98 Å². The van der Waals surface area contributed by atoms with Gasteiger partial charge in [-0.3, -0.25) is 9.78 Å². The molecule has 122 valence electrons. The number of hydrogen-bond donors (Lipinski definition) is 2. The summed E-state index contributed by atoms with van der Waals surface area (Å²) in [6.45, 7) is 0. The van der Waals surface area contributed by atoms with Gasteiger partial charge in [0.1, 0.15) is 0 Å². The van der Waals surface area contributed by atoms with Gasteiger partial charge in [0.25, 0.3) is 0 Å². The van der Waals surface area contributed by atoms with E-state index in [1.165, 1.54) is 0 Å². The smallest absolute Gasteiger partial charge is 0.408 e. The van der Waals surface area contributed by atoms with Crippen molar-refractivity contribution in [1.29, 1.82) is 0 Å². The number of anilines is 1. The van der Waals surface area contributed by atoms with Crippen LogP contribution in [0.25, 0.3) is 11.1 Å². The molecule has 0 bridgehead atoms. The predicted molar refractivity (Wildman–Crippen MR) is 95.1 cm³/mol. The summed E-state index contributed by atoms with van der Waals surface area (Å²) >= 11 is 3.43. The highest BCUT2D eigenvalue weighted by Crippen LogP contribution is 2.44. The Morgan fingerprint density at radius 3 is 2.58 bits per heavy atom. The minimum absolute atomic E-state index is 0.0127. The van der Waals surface area contributed by atoms with Crippen LogP contribution in [0.3, 0.4) is 0 Å². The van der Waals surface area contributed by atoms with Gasteiger partial charge in [0.15, 0.2) is 5.58 Å². The summed E-state index contributed by atoms with van der Waals surface area (Å²) in [4.78, 5) is 26.8. The molecule has 0 unspecified atom stereocenters. The van der Waals surface area contributed by atoms with Crippen molar-refractivity contribution in [3.05, 3.63) is 63.1 Å². The molecule has 1 aliphatic carbocycles. The molecule has 4 rings (SSSR count). The monoisotopic (exact) mass is 386 g/mol. The van der Waals surface area contributed by atoms with E-state index in [9.17, 15) is 9.59 Å². The Kier molecular flexibility index (Phi) is 3.57. The number of halogens is 1. The maximum absolute atomic E-state index is 12.9. The Labute approximate surface area is 146 Å². The molecular formula is C18H15BrN2O3. The van der Waals surface area contributed by atoms with Crippen LogP contribution in [0.5, 0.6) is 0 Å². The lowest BCUT2D eigenvalue weighted by molar-refractivity contribution is -0.124. The number of rotatable bonds is 3. The Bertz CT molecular complexity index is 968. The van der Waals surface area contributed by atoms with Crippen molar-refractivity contribution in [3.63, 3.8) is 0 Å². The van der Waals surface area contributed by atoms with Crippen LogP contribution in [0.2, 0.25) is 0 Å². The van der Waals surface area contributed by atoms with Crippen molar-refractivity contribution >= 4 is 38.6 Å². The molecule has 1 amide bonds. The Hall–Kier alpha value is -2.34. The van der Waals surface area contributed by atoms with E-state index < -0.39 is 11.2 Å². The molecule has 0 aliphatic heterocycles. The molecule has 2 aromatic carbocycles. The SMILES string of the molecule is O=C(Nc1ccc2oc(=O)[nH]c2c1)C1(c2ccc(Br)cc2)CCC1. The third-order valence-electron chi connectivity index (χ3n) is 4.72. The average molecular weight is 387 g/mol. The first kappa shape index (κ1) is 15.2. The molecule has 0 spiro atoms. The minimum Gasteiger partial charge on any atom is -0.408 e. The largest absolute Gasteiger partial charge is 0.417 e. The summed E-state index contributed by atoms with van der Waals surface area (Å²) in [5.74, 6) is -0.514. The maximum atomic E-state index is 12.9. The second kappa shape index (κ2) is 5.63. The summed E-state index contributed by atoms with van der Waals surface area (Å²) in [6.07, 6.45) is 2.72. The van der Waals surface area contributed by atoms with E-state index in [0.717, 1.165) is 29.3 Å². The van der Waals surface area contributed by atoms with Gasteiger partial charge < -0.3 is 9.73 Å². The van der Waals surface area contributed by atoms with Gasteiger partial charge in [-0.1, -0.05) is 34.5 Å². The van der Waals surface area contributed by atoms with Crippen LogP contribution < -0.4 is 11.1 Å². The normalized spacial score (nSPS) is 15.9. The molecule has 2 N–H and O–H groups in total. The molecule has 1 fully saturated rings. The number of aromatic amines is 1. The molecule has 1 aliphatic rings. The first-order chi connectivity index (χ1) is 11.6. The lowest BCUT2D eigenvalue weighted by Gasteiger charge is -2.40. The average Bonchev–Trinajstić information content (AvgIpc) is 2.87. The number of carbonyl (C=O) groups excluding carboxylic acids is 1. The van der Waals surface area contributed by atoms with E-state index in [2.05, 4.69) is 26.2 Å². The van der Waals surface area contributed by atoms with Gasteiger partial charge in [-0.2, -0.15) is 0 Å².